The Labute approximate surface area is 116 Å². The van der Waals surface area contributed by atoms with Gasteiger partial charge in [0.25, 0.3) is 0 Å². The molecule has 2 aliphatic rings. The monoisotopic (exact) mass is 276 g/mol. The van der Waals surface area contributed by atoms with Crippen LogP contribution in [0.4, 0.5) is 0 Å². The molecule has 0 bridgehead atoms. The van der Waals surface area contributed by atoms with Gasteiger partial charge in [0.1, 0.15) is 0 Å². The van der Waals surface area contributed by atoms with E-state index in [0.29, 0.717) is 32.0 Å². The Bertz CT molecular complexity index is 274. The minimum Gasteiger partial charge on any atom is -0.381 e. The van der Waals surface area contributed by atoms with E-state index in [2.05, 4.69) is 0 Å². The molecule has 0 spiro atoms. The molecule has 0 aromatic carbocycles. The molecule has 0 atom stereocenters. The van der Waals surface area contributed by atoms with Gasteiger partial charge >= 0.3 is 0 Å². The maximum absolute atomic E-state index is 12.4. The molecule has 2 fully saturated rings. The topological polar surface area (TPSA) is 55.6 Å². The van der Waals surface area contributed by atoms with E-state index in [-0.39, 0.29) is 18.3 Å². The van der Waals surface area contributed by atoms with Crippen LogP contribution in [0.3, 0.4) is 0 Å². The van der Waals surface area contributed by atoms with E-state index in [1.54, 1.807) is 0 Å². The van der Waals surface area contributed by atoms with Crippen LogP contribution >= 0.6 is 12.4 Å². The summed E-state index contributed by atoms with van der Waals surface area (Å²) in [7, 11) is 1.89. The number of ether oxygens (including phenoxy) is 1. The van der Waals surface area contributed by atoms with Crippen molar-refractivity contribution in [3.63, 3.8) is 0 Å². The normalized spacial score (nSPS) is 23.4. The lowest BCUT2D eigenvalue weighted by Gasteiger charge is -2.36. The highest BCUT2D eigenvalue weighted by molar-refractivity contribution is 5.86. The van der Waals surface area contributed by atoms with Gasteiger partial charge in [-0.1, -0.05) is 12.8 Å². The summed E-state index contributed by atoms with van der Waals surface area (Å²) in [6.07, 6.45) is 6.46. The van der Waals surface area contributed by atoms with Crippen LogP contribution in [-0.4, -0.2) is 43.2 Å². The number of nitrogens with zero attached hydrogens (tertiary/aromatic N) is 1. The third-order valence-corrected chi connectivity index (χ3v) is 4.16. The first-order valence-corrected chi connectivity index (χ1v) is 6.74. The summed E-state index contributed by atoms with van der Waals surface area (Å²) in [5.74, 6) is 0.792. The predicted molar refractivity (Wildman–Crippen MR) is 73.8 cm³/mol. The van der Waals surface area contributed by atoms with Crippen molar-refractivity contribution in [2.75, 3.05) is 26.8 Å². The molecule has 4 nitrogen and oxygen atoms in total. The number of rotatable bonds is 3. The Morgan fingerprint density at radius 3 is 2.44 bits per heavy atom. The fourth-order valence-electron chi connectivity index (χ4n) is 2.99. The molecule has 0 aromatic heterocycles. The standard InChI is InChI=1S/C13H24N2O2.ClH/c1-15(10-11-4-2-3-5-11)12(16)13(14)6-8-17-9-7-13;/h11H,2-10,14H2,1H3;1H. The van der Waals surface area contributed by atoms with Gasteiger partial charge in [-0.2, -0.15) is 0 Å². The molecular formula is C13H25ClN2O2. The van der Waals surface area contributed by atoms with Crippen LogP contribution in [0.2, 0.25) is 0 Å². The van der Waals surface area contributed by atoms with Crippen molar-refractivity contribution in [2.24, 2.45) is 11.7 Å². The molecule has 2 N–H and O–H groups in total. The van der Waals surface area contributed by atoms with Gasteiger partial charge in [0.05, 0.1) is 5.54 Å². The Hall–Kier alpha value is -0.320. The van der Waals surface area contributed by atoms with Crippen LogP contribution in [0, 0.1) is 5.92 Å². The molecule has 1 heterocycles. The van der Waals surface area contributed by atoms with Crippen LogP contribution in [0.15, 0.2) is 0 Å². The first-order valence-electron chi connectivity index (χ1n) is 6.74. The molecule has 2 rings (SSSR count). The number of hydrogen-bond donors (Lipinski definition) is 1. The zero-order chi connectivity index (χ0) is 12.3. The highest BCUT2D eigenvalue weighted by atomic mass is 35.5. The fraction of sp³-hybridized carbons (Fsp3) is 0.923. The summed E-state index contributed by atoms with van der Waals surface area (Å²) in [4.78, 5) is 14.2. The van der Waals surface area contributed by atoms with Crippen LogP contribution in [-0.2, 0) is 9.53 Å². The minimum absolute atomic E-state index is 0. The van der Waals surface area contributed by atoms with Gasteiger partial charge in [0.15, 0.2) is 0 Å². The van der Waals surface area contributed by atoms with Crippen molar-refractivity contribution < 1.29 is 9.53 Å². The molecule has 1 saturated carbocycles. The predicted octanol–water partition coefficient (Wildman–Crippen LogP) is 1.56. The number of carbonyl (C=O) groups excluding carboxylic acids is 1. The summed E-state index contributed by atoms with van der Waals surface area (Å²) in [6.45, 7) is 2.09. The second kappa shape index (κ2) is 6.73. The summed E-state index contributed by atoms with van der Waals surface area (Å²) < 4.78 is 5.28. The zero-order valence-corrected chi connectivity index (χ0v) is 12.0. The fourth-order valence-corrected chi connectivity index (χ4v) is 2.99. The SMILES string of the molecule is CN(CC1CCCC1)C(=O)C1(N)CCOCC1.Cl. The van der Waals surface area contributed by atoms with Crippen molar-refractivity contribution in [2.45, 2.75) is 44.1 Å². The number of amides is 1. The van der Waals surface area contributed by atoms with E-state index in [0.717, 1.165) is 6.54 Å². The van der Waals surface area contributed by atoms with E-state index in [4.69, 9.17) is 10.5 Å². The van der Waals surface area contributed by atoms with Crippen molar-refractivity contribution in [3.05, 3.63) is 0 Å². The maximum Gasteiger partial charge on any atom is 0.242 e. The molecule has 0 radical (unpaired) electrons. The number of carbonyl (C=O) groups is 1. The number of hydrogen-bond acceptors (Lipinski definition) is 3. The summed E-state index contributed by atoms with van der Waals surface area (Å²) in [6, 6.07) is 0. The molecule has 5 heteroatoms. The van der Waals surface area contributed by atoms with Gasteiger partial charge in [-0.15, -0.1) is 12.4 Å². The van der Waals surface area contributed by atoms with Crippen molar-refractivity contribution >= 4 is 18.3 Å². The lowest BCUT2D eigenvalue weighted by Crippen LogP contribution is -2.57. The van der Waals surface area contributed by atoms with Gasteiger partial charge in [-0.05, 0) is 31.6 Å². The molecule has 1 aliphatic carbocycles. The van der Waals surface area contributed by atoms with E-state index < -0.39 is 5.54 Å². The second-order valence-corrected chi connectivity index (χ2v) is 5.60. The molecular weight excluding hydrogens is 252 g/mol. The number of likely N-dealkylation sites (N-methyl/N-ethyl adjacent to an activating group) is 1. The minimum atomic E-state index is -0.675. The van der Waals surface area contributed by atoms with Crippen LogP contribution in [0.5, 0.6) is 0 Å². The lowest BCUT2D eigenvalue weighted by molar-refractivity contribution is -0.139. The molecule has 1 aliphatic heterocycles. The van der Waals surface area contributed by atoms with Crippen molar-refractivity contribution in [1.29, 1.82) is 0 Å². The summed E-state index contributed by atoms with van der Waals surface area (Å²) >= 11 is 0. The Kier molecular flexibility index (Phi) is 5.89. The zero-order valence-electron chi connectivity index (χ0n) is 11.2. The van der Waals surface area contributed by atoms with Crippen LogP contribution < -0.4 is 5.73 Å². The molecule has 1 saturated heterocycles. The number of nitrogens with two attached hydrogens (primary N) is 1. The van der Waals surface area contributed by atoms with Gasteiger partial charge in [-0.25, -0.2) is 0 Å². The van der Waals surface area contributed by atoms with E-state index in [9.17, 15) is 4.79 Å². The molecule has 0 aromatic rings. The summed E-state index contributed by atoms with van der Waals surface area (Å²) in [5, 5.41) is 0. The summed E-state index contributed by atoms with van der Waals surface area (Å²) in [5.41, 5.74) is 5.53. The third-order valence-electron chi connectivity index (χ3n) is 4.16. The van der Waals surface area contributed by atoms with Gasteiger partial charge in [0, 0.05) is 26.8 Å². The molecule has 1 amide bonds. The van der Waals surface area contributed by atoms with Gasteiger partial charge in [-0.3, -0.25) is 4.79 Å². The molecule has 106 valence electrons. The van der Waals surface area contributed by atoms with E-state index in [1.165, 1.54) is 25.7 Å². The smallest absolute Gasteiger partial charge is 0.242 e. The highest BCUT2D eigenvalue weighted by Gasteiger charge is 2.38. The first-order chi connectivity index (χ1) is 8.12. The molecule has 0 unspecified atom stereocenters. The van der Waals surface area contributed by atoms with Crippen molar-refractivity contribution in [3.8, 4) is 0 Å². The van der Waals surface area contributed by atoms with Crippen molar-refractivity contribution in [1.82, 2.24) is 4.90 Å². The average Bonchev–Trinajstić information content (AvgIpc) is 2.81. The Balaban J connectivity index is 0.00000162. The Morgan fingerprint density at radius 1 is 1.33 bits per heavy atom. The van der Waals surface area contributed by atoms with Crippen LogP contribution in [0.1, 0.15) is 38.5 Å². The lowest BCUT2D eigenvalue weighted by atomic mass is 9.89. The van der Waals surface area contributed by atoms with Gasteiger partial charge < -0.3 is 15.4 Å². The highest BCUT2D eigenvalue weighted by Crippen LogP contribution is 2.27. The van der Waals surface area contributed by atoms with Gasteiger partial charge in [0.2, 0.25) is 5.91 Å². The average molecular weight is 277 g/mol. The first kappa shape index (κ1) is 15.7. The van der Waals surface area contributed by atoms with Crippen LogP contribution in [0.25, 0.3) is 0 Å². The second-order valence-electron chi connectivity index (χ2n) is 5.60. The quantitative estimate of drug-likeness (QED) is 0.851. The third kappa shape index (κ3) is 3.59. The van der Waals surface area contributed by atoms with E-state index >= 15 is 0 Å². The van der Waals surface area contributed by atoms with E-state index in [1.807, 2.05) is 11.9 Å². The maximum atomic E-state index is 12.4. The molecule has 18 heavy (non-hydrogen) atoms. The number of halogens is 1. The Morgan fingerprint density at radius 2 is 1.89 bits per heavy atom. The largest absolute Gasteiger partial charge is 0.381 e.